The van der Waals surface area contributed by atoms with Gasteiger partial charge in [0.1, 0.15) is 5.75 Å². The van der Waals surface area contributed by atoms with Gasteiger partial charge in [-0.15, -0.1) is 0 Å². The number of hydrogen-bond donors (Lipinski definition) is 1. The van der Waals surface area contributed by atoms with Gasteiger partial charge >= 0.3 is 0 Å². The summed E-state index contributed by atoms with van der Waals surface area (Å²) in [7, 11) is 0. The molecule has 0 aliphatic heterocycles. The molecule has 112 valence electrons. The molecule has 0 amide bonds. The monoisotopic (exact) mass is 275 g/mol. The third kappa shape index (κ3) is 4.24. The van der Waals surface area contributed by atoms with E-state index < -0.39 is 0 Å². The quantitative estimate of drug-likeness (QED) is 0.772. The van der Waals surface area contributed by atoms with Crippen LogP contribution in [0.1, 0.15) is 63.9 Å². The molecule has 0 radical (unpaired) electrons. The van der Waals surface area contributed by atoms with E-state index in [2.05, 4.69) is 43.4 Å². The van der Waals surface area contributed by atoms with Gasteiger partial charge < -0.3 is 10.1 Å². The molecule has 1 aromatic carbocycles. The summed E-state index contributed by atoms with van der Waals surface area (Å²) in [5.74, 6) is 1.76. The summed E-state index contributed by atoms with van der Waals surface area (Å²) >= 11 is 0. The van der Waals surface area contributed by atoms with Crippen molar-refractivity contribution < 1.29 is 4.74 Å². The van der Waals surface area contributed by atoms with Crippen molar-refractivity contribution in [2.75, 3.05) is 13.2 Å². The molecule has 1 saturated carbocycles. The highest BCUT2D eigenvalue weighted by molar-refractivity contribution is 5.36. The maximum Gasteiger partial charge on any atom is 0.122 e. The van der Waals surface area contributed by atoms with E-state index in [0.29, 0.717) is 12.0 Å². The molecule has 2 unspecified atom stereocenters. The Hall–Kier alpha value is -1.02. The second kappa shape index (κ2) is 8.31. The van der Waals surface area contributed by atoms with Crippen molar-refractivity contribution in [2.24, 2.45) is 0 Å². The molecule has 1 N–H and O–H groups in total. The first-order valence-corrected chi connectivity index (χ1v) is 8.30. The average molecular weight is 275 g/mol. The third-order valence-electron chi connectivity index (χ3n) is 4.24. The minimum Gasteiger partial charge on any atom is -0.493 e. The molecule has 2 nitrogen and oxygen atoms in total. The number of nitrogens with one attached hydrogen (secondary N) is 1. The second-order valence-corrected chi connectivity index (χ2v) is 5.86. The SMILES string of the molecule is CCCOc1ccccc1C1CCCCC(NCC)C1. The van der Waals surface area contributed by atoms with Gasteiger partial charge in [-0.05, 0) is 49.8 Å². The minimum absolute atomic E-state index is 0.648. The van der Waals surface area contributed by atoms with Gasteiger partial charge in [0.15, 0.2) is 0 Å². The molecule has 2 atom stereocenters. The summed E-state index contributed by atoms with van der Waals surface area (Å²) in [5, 5.41) is 3.65. The van der Waals surface area contributed by atoms with Gasteiger partial charge in [0, 0.05) is 6.04 Å². The smallest absolute Gasteiger partial charge is 0.122 e. The number of ether oxygens (including phenoxy) is 1. The van der Waals surface area contributed by atoms with E-state index in [9.17, 15) is 0 Å². The molecule has 1 aliphatic carbocycles. The van der Waals surface area contributed by atoms with E-state index in [1.54, 1.807) is 0 Å². The fourth-order valence-corrected chi connectivity index (χ4v) is 3.28. The Bertz CT molecular complexity index is 391. The molecule has 0 aromatic heterocycles. The Morgan fingerprint density at radius 2 is 1.95 bits per heavy atom. The molecule has 1 aromatic rings. The molecule has 0 saturated heterocycles. The lowest BCUT2D eigenvalue weighted by atomic mass is 9.89. The van der Waals surface area contributed by atoms with Gasteiger partial charge in [0.25, 0.3) is 0 Å². The zero-order chi connectivity index (χ0) is 14.2. The summed E-state index contributed by atoms with van der Waals surface area (Å²) in [4.78, 5) is 0. The zero-order valence-corrected chi connectivity index (χ0v) is 13.0. The standard InChI is InChI=1S/C18H29NO/c1-3-13-20-18-12-8-7-11-17(18)15-9-5-6-10-16(14-15)19-4-2/h7-8,11-12,15-16,19H,3-6,9-10,13-14H2,1-2H3. The summed E-state index contributed by atoms with van der Waals surface area (Å²) in [6.45, 7) is 6.26. The van der Waals surface area contributed by atoms with Crippen LogP contribution in [0.4, 0.5) is 0 Å². The first-order chi connectivity index (χ1) is 9.85. The van der Waals surface area contributed by atoms with Crippen molar-refractivity contribution in [1.82, 2.24) is 5.32 Å². The van der Waals surface area contributed by atoms with E-state index in [0.717, 1.165) is 25.3 Å². The summed E-state index contributed by atoms with van der Waals surface area (Å²) in [6.07, 6.45) is 7.64. The van der Waals surface area contributed by atoms with Crippen molar-refractivity contribution in [3.8, 4) is 5.75 Å². The van der Waals surface area contributed by atoms with Crippen LogP contribution < -0.4 is 10.1 Å². The molecular formula is C18H29NO. The van der Waals surface area contributed by atoms with Crippen LogP contribution in [-0.4, -0.2) is 19.2 Å². The lowest BCUT2D eigenvalue weighted by molar-refractivity contribution is 0.310. The van der Waals surface area contributed by atoms with E-state index in [-0.39, 0.29) is 0 Å². The Kier molecular flexibility index (Phi) is 6.38. The Morgan fingerprint density at radius 3 is 2.75 bits per heavy atom. The highest BCUT2D eigenvalue weighted by Gasteiger charge is 2.23. The van der Waals surface area contributed by atoms with Crippen LogP contribution in [0, 0.1) is 0 Å². The fraction of sp³-hybridized carbons (Fsp3) is 0.667. The molecule has 2 rings (SSSR count). The summed E-state index contributed by atoms with van der Waals surface area (Å²) < 4.78 is 5.96. The summed E-state index contributed by atoms with van der Waals surface area (Å²) in [6, 6.07) is 9.32. The van der Waals surface area contributed by atoms with Crippen LogP contribution in [0.5, 0.6) is 5.75 Å². The van der Waals surface area contributed by atoms with E-state index in [1.165, 1.54) is 37.7 Å². The van der Waals surface area contributed by atoms with E-state index in [1.807, 2.05) is 0 Å². The molecule has 1 aliphatic rings. The predicted molar refractivity (Wildman–Crippen MR) is 85.5 cm³/mol. The fourth-order valence-electron chi connectivity index (χ4n) is 3.28. The number of hydrogen-bond acceptors (Lipinski definition) is 2. The maximum atomic E-state index is 5.96. The van der Waals surface area contributed by atoms with Crippen LogP contribution in [0.2, 0.25) is 0 Å². The second-order valence-electron chi connectivity index (χ2n) is 5.86. The zero-order valence-electron chi connectivity index (χ0n) is 13.0. The van der Waals surface area contributed by atoms with E-state index >= 15 is 0 Å². The van der Waals surface area contributed by atoms with Crippen LogP contribution in [0.3, 0.4) is 0 Å². The highest BCUT2D eigenvalue weighted by Crippen LogP contribution is 2.36. The van der Waals surface area contributed by atoms with Crippen molar-refractivity contribution in [3.05, 3.63) is 29.8 Å². The van der Waals surface area contributed by atoms with Gasteiger partial charge in [-0.3, -0.25) is 0 Å². The highest BCUT2D eigenvalue weighted by atomic mass is 16.5. The van der Waals surface area contributed by atoms with Crippen molar-refractivity contribution >= 4 is 0 Å². The average Bonchev–Trinajstić information content (AvgIpc) is 2.71. The number of rotatable bonds is 6. The predicted octanol–water partition coefficient (Wildman–Crippen LogP) is 4.50. The molecule has 20 heavy (non-hydrogen) atoms. The van der Waals surface area contributed by atoms with Crippen LogP contribution in [0.25, 0.3) is 0 Å². The molecule has 0 spiro atoms. The largest absolute Gasteiger partial charge is 0.493 e. The summed E-state index contributed by atoms with van der Waals surface area (Å²) in [5.41, 5.74) is 1.42. The van der Waals surface area contributed by atoms with Gasteiger partial charge in [0.05, 0.1) is 6.61 Å². The van der Waals surface area contributed by atoms with Gasteiger partial charge in [-0.25, -0.2) is 0 Å². The number of para-hydroxylation sites is 1. The Labute approximate surface area is 123 Å². The Morgan fingerprint density at radius 1 is 1.15 bits per heavy atom. The molecule has 2 heteroatoms. The van der Waals surface area contributed by atoms with Gasteiger partial charge in [0.2, 0.25) is 0 Å². The topological polar surface area (TPSA) is 21.3 Å². The molecular weight excluding hydrogens is 246 g/mol. The first kappa shape index (κ1) is 15.4. The van der Waals surface area contributed by atoms with Crippen molar-refractivity contribution in [2.45, 2.75) is 64.3 Å². The van der Waals surface area contributed by atoms with E-state index in [4.69, 9.17) is 4.74 Å². The lowest BCUT2D eigenvalue weighted by Crippen LogP contribution is -2.29. The molecule has 0 bridgehead atoms. The maximum absolute atomic E-state index is 5.96. The minimum atomic E-state index is 0.648. The van der Waals surface area contributed by atoms with Crippen molar-refractivity contribution in [3.63, 3.8) is 0 Å². The molecule has 0 heterocycles. The third-order valence-corrected chi connectivity index (χ3v) is 4.24. The first-order valence-electron chi connectivity index (χ1n) is 8.30. The normalized spacial score (nSPS) is 23.3. The lowest BCUT2D eigenvalue weighted by Gasteiger charge is -2.23. The van der Waals surface area contributed by atoms with Crippen LogP contribution in [0.15, 0.2) is 24.3 Å². The molecule has 1 fully saturated rings. The van der Waals surface area contributed by atoms with Crippen LogP contribution >= 0.6 is 0 Å². The van der Waals surface area contributed by atoms with Gasteiger partial charge in [-0.1, -0.05) is 44.9 Å². The Balaban J connectivity index is 2.11. The van der Waals surface area contributed by atoms with Crippen LogP contribution in [-0.2, 0) is 0 Å². The van der Waals surface area contributed by atoms with Crippen molar-refractivity contribution in [1.29, 1.82) is 0 Å². The number of benzene rings is 1. The van der Waals surface area contributed by atoms with Gasteiger partial charge in [-0.2, -0.15) is 0 Å².